The number of carboxylic acids is 2. The Hall–Kier alpha value is -2.40. The van der Waals surface area contributed by atoms with Crippen LogP contribution < -0.4 is 4.57 Å². The van der Waals surface area contributed by atoms with E-state index in [1.165, 1.54) is 25.2 Å². The molecule has 1 heterocycles. The SMILES string of the molecule is C/C(=C/C(=O)O)C(=O)O.CCCCn1cc[n+](C)c1.N#C[S-]. The number of hydrogen-bond acceptors (Lipinski definition) is 4. The van der Waals surface area contributed by atoms with Crippen LogP contribution in [0.1, 0.15) is 26.7 Å². The summed E-state index contributed by atoms with van der Waals surface area (Å²) < 4.78 is 4.28. The number of aliphatic carboxylic acids is 2. The number of nitrogens with zero attached hydrogens (tertiary/aromatic N) is 3. The Kier molecular flexibility index (Phi) is 13.5. The summed E-state index contributed by atoms with van der Waals surface area (Å²) in [6.45, 7) is 4.58. The molecule has 1 rings (SSSR count). The van der Waals surface area contributed by atoms with E-state index in [0.717, 1.165) is 6.54 Å². The first-order valence-corrected chi connectivity index (χ1v) is 6.86. The molecule has 0 bridgehead atoms. The van der Waals surface area contributed by atoms with Crippen molar-refractivity contribution >= 4 is 24.6 Å². The van der Waals surface area contributed by atoms with E-state index in [1.54, 1.807) is 0 Å². The fourth-order valence-corrected chi connectivity index (χ4v) is 1.22. The van der Waals surface area contributed by atoms with Crippen LogP contribution in [-0.4, -0.2) is 26.7 Å². The van der Waals surface area contributed by atoms with Crippen LogP contribution in [0.25, 0.3) is 0 Å². The first-order chi connectivity index (χ1) is 10.3. The first kappa shape index (κ1) is 21.9. The maximum atomic E-state index is 9.90. The van der Waals surface area contributed by atoms with Gasteiger partial charge in [0, 0.05) is 11.6 Å². The smallest absolute Gasteiger partial charge is 0.331 e. The van der Waals surface area contributed by atoms with Gasteiger partial charge in [-0.3, -0.25) is 0 Å². The topological polar surface area (TPSA) is 107 Å². The van der Waals surface area contributed by atoms with Crippen molar-refractivity contribution in [3.05, 3.63) is 30.4 Å². The van der Waals surface area contributed by atoms with Gasteiger partial charge in [-0.2, -0.15) is 0 Å². The Morgan fingerprint density at radius 2 is 2.00 bits per heavy atom. The second-order valence-corrected chi connectivity index (χ2v) is 4.42. The molecule has 0 amide bonds. The molecule has 0 aliphatic carbocycles. The van der Waals surface area contributed by atoms with Crippen LogP contribution in [0.15, 0.2) is 30.4 Å². The molecule has 0 radical (unpaired) electrons. The van der Waals surface area contributed by atoms with Gasteiger partial charge >= 0.3 is 11.9 Å². The van der Waals surface area contributed by atoms with Gasteiger partial charge in [-0.25, -0.2) is 24.0 Å². The fraction of sp³-hybridized carbons (Fsp3) is 0.429. The summed E-state index contributed by atoms with van der Waals surface area (Å²) >= 11 is 3.70. The highest BCUT2D eigenvalue weighted by Gasteiger charge is 2.00. The minimum atomic E-state index is -1.24. The van der Waals surface area contributed by atoms with Gasteiger partial charge in [0.2, 0.25) is 6.33 Å². The van der Waals surface area contributed by atoms with Gasteiger partial charge in [0.15, 0.2) is 0 Å². The summed E-state index contributed by atoms with van der Waals surface area (Å²) in [5.41, 5.74) is -0.178. The van der Waals surface area contributed by atoms with Crippen LogP contribution in [0.3, 0.4) is 0 Å². The number of rotatable bonds is 5. The number of carbonyl (C=O) groups is 2. The number of unbranched alkanes of at least 4 members (excludes halogenated alkanes) is 1. The molecule has 7 nitrogen and oxygen atoms in total. The van der Waals surface area contributed by atoms with E-state index in [1.807, 2.05) is 7.05 Å². The monoisotopic (exact) mass is 327 g/mol. The molecule has 0 fully saturated rings. The Morgan fingerprint density at radius 1 is 1.45 bits per heavy atom. The van der Waals surface area contributed by atoms with Gasteiger partial charge in [0.1, 0.15) is 12.4 Å². The third-order valence-electron chi connectivity index (χ3n) is 2.27. The zero-order chi connectivity index (χ0) is 17.5. The molecule has 0 atom stereocenters. The lowest BCUT2D eigenvalue weighted by molar-refractivity contribution is -0.671. The molecule has 1 aromatic rings. The molecule has 22 heavy (non-hydrogen) atoms. The Labute approximate surface area is 135 Å². The van der Waals surface area contributed by atoms with Crippen molar-refractivity contribution in [2.45, 2.75) is 33.2 Å². The largest absolute Gasteiger partial charge is 0.696 e. The van der Waals surface area contributed by atoms with Gasteiger partial charge in [-0.05, 0) is 13.3 Å². The summed E-state index contributed by atoms with van der Waals surface area (Å²) in [6.07, 6.45) is 9.46. The predicted molar refractivity (Wildman–Crippen MR) is 82.5 cm³/mol. The Balaban J connectivity index is 0. The van der Waals surface area contributed by atoms with Crippen molar-refractivity contribution in [3.63, 3.8) is 0 Å². The van der Waals surface area contributed by atoms with Gasteiger partial charge in [-0.1, -0.05) is 18.7 Å². The van der Waals surface area contributed by atoms with Gasteiger partial charge in [0.05, 0.1) is 13.6 Å². The average molecular weight is 327 g/mol. The highest BCUT2D eigenvalue weighted by molar-refractivity contribution is 7.64. The van der Waals surface area contributed by atoms with E-state index in [-0.39, 0.29) is 5.57 Å². The van der Waals surface area contributed by atoms with Crippen molar-refractivity contribution in [1.82, 2.24) is 4.57 Å². The predicted octanol–water partition coefficient (Wildman–Crippen LogP) is 1.23. The molecule has 2 N–H and O–H groups in total. The molecule has 0 spiro atoms. The van der Waals surface area contributed by atoms with Crippen molar-refractivity contribution in [1.29, 1.82) is 5.26 Å². The molecular formula is C14H21N3O4S. The number of hydrogen-bond donors (Lipinski definition) is 2. The fourth-order valence-electron chi connectivity index (χ4n) is 1.22. The highest BCUT2D eigenvalue weighted by atomic mass is 32.1. The second-order valence-electron chi connectivity index (χ2n) is 4.23. The van der Waals surface area contributed by atoms with Gasteiger partial charge in [-0.15, -0.1) is 0 Å². The Bertz CT molecular complexity index is 532. The van der Waals surface area contributed by atoms with Crippen LogP contribution in [-0.2, 0) is 35.8 Å². The molecule has 0 saturated carbocycles. The standard InChI is InChI=1S/C8H15N2.C5H6O4.CHNS/c1-3-4-5-10-7-6-9(2)8-10;1-3(5(8)9)2-4(6)7;2-1-3/h6-8H,3-5H2,1-2H3;2H,1H3,(H,6,7)(H,8,9);3H/q+1;;/p-1/b;3-2-;. The van der Waals surface area contributed by atoms with Crippen LogP contribution in [0.5, 0.6) is 0 Å². The summed E-state index contributed by atoms with van der Waals surface area (Å²) in [6, 6.07) is 0. The van der Waals surface area contributed by atoms with E-state index < -0.39 is 11.9 Å². The zero-order valence-electron chi connectivity index (χ0n) is 12.9. The maximum absolute atomic E-state index is 9.90. The summed E-state index contributed by atoms with van der Waals surface area (Å²) in [7, 11) is 2.04. The normalized spacial score (nSPS) is 9.45. The third-order valence-corrected chi connectivity index (χ3v) is 2.27. The Morgan fingerprint density at radius 3 is 2.27 bits per heavy atom. The van der Waals surface area contributed by atoms with Crippen LogP contribution >= 0.6 is 0 Å². The molecule has 122 valence electrons. The lowest BCUT2D eigenvalue weighted by Crippen LogP contribution is -2.23. The molecular weight excluding hydrogens is 306 g/mol. The maximum Gasteiger partial charge on any atom is 0.331 e. The van der Waals surface area contributed by atoms with Crippen molar-refractivity contribution in [2.24, 2.45) is 7.05 Å². The van der Waals surface area contributed by atoms with E-state index in [0.29, 0.717) is 6.08 Å². The quantitative estimate of drug-likeness (QED) is 0.364. The van der Waals surface area contributed by atoms with E-state index >= 15 is 0 Å². The molecule has 0 saturated heterocycles. The highest BCUT2D eigenvalue weighted by Crippen LogP contribution is 1.91. The number of imidazole rings is 1. The minimum Gasteiger partial charge on any atom is -0.696 e. The molecule has 8 heteroatoms. The summed E-state index contributed by atoms with van der Waals surface area (Å²) in [5, 5.41) is 24.6. The second kappa shape index (κ2) is 13.6. The molecule has 0 unspecified atom stereocenters. The molecule has 0 aromatic carbocycles. The third kappa shape index (κ3) is 14.0. The van der Waals surface area contributed by atoms with Crippen molar-refractivity contribution in [3.8, 4) is 5.40 Å². The molecule has 0 aliphatic heterocycles. The number of aromatic nitrogens is 2. The lowest BCUT2D eigenvalue weighted by Gasteiger charge is -1.90. The van der Waals surface area contributed by atoms with Crippen LogP contribution in [0, 0.1) is 10.7 Å². The van der Waals surface area contributed by atoms with E-state index in [9.17, 15) is 9.59 Å². The number of thiocyanates is 1. The number of carboxylic acid groups (broad SMARTS) is 2. The van der Waals surface area contributed by atoms with Crippen LogP contribution in [0.2, 0.25) is 0 Å². The van der Waals surface area contributed by atoms with E-state index in [4.69, 9.17) is 15.5 Å². The van der Waals surface area contributed by atoms with Crippen molar-refractivity contribution < 1.29 is 24.4 Å². The molecule has 0 aliphatic rings. The van der Waals surface area contributed by atoms with E-state index in [2.05, 4.69) is 47.4 Å². The zero-order valence-corrected chi connectivity index (χ0v) is 13.7. The molecule has 1 aromatic heterocycles. The summed E-state index contributed by atoms with van der Waals surface area (Å²) in [4.78, 5) is 19.7. The number of nitriles is 1. The summed E-state index contributed by atoms with van der Waals surface area (Å²) in [5.74, 6) is -2.45. The minimum absolute atomic E-state index is 0.178. The van der Waals surface area contributed by atoms with Crippen LogP contribution in [0.4, 0.5) is 0 Å². The average Bonchev–Trinajstić information content (AvgIpc) is 2.83. The lowest BCUT2D eigenvalue weighted by atomic mass is 10.3. The van der Waals surface area contributed by atoms with Gasteiger partial charge in [0.25, 0.3) is 0 Å². The first-order valence-electron chi connectivity index (χ1n) is 6.45. The number of aryl methyl sites for hydroxylation is 2. The van der Waals surface area contributed by atoms with Crippen molar-refractivity contribution in [2.75, 3.05) is 0 Å². The van der Waals surface area contributed by atoms with Gasteiger partial charge < -0.3 is 22.8 Å².